The lowest BCUT2D eigenvalue weighted by molar-refractivity contribution is -0.138. The summed E-state index contributed by atoms with van der Waals surface area (Å²) >= 11 is 5.81. The molecule has 0 aliphatic carbocycles. The van der Waals surface area contributed by atoms with Crippen LogP contribution < -0.4 is 0 Å². The van der Waals surface area contributed by atoms with Gasteiger partial charge >= 0.3 is 5.97 Å². The molecule has 1 aliphatic heterocycles. The summed E-state index contributed by atoms with van der Waals surface area (Å²) in [5, 5.41) is 9.06. The van der Waals surface area contributed by atoms with Crippen molar-refractivity contribution in [3.8, 4) is 0 Å². The topological polar surface area (TPSA) is 40.5 Å². The molecule has 1 saturated heterocycles. The maximum atomic E-state index is 13.9. The first-order valence-electron chi connectivity index (χ1n) is 7.34. The Kier molecular flexibility index (Phi) is 5.59. The van der Waals surface area contributed by atoms with Gasteiger partial charge in [-0.1, -0.05) is 30.7 Å². The van der Waals surface area contributed by atoms with Crippen LogP contribution in [0.4, 0.5) is 4.39 Å². The van der Waals surface area contributed by atoms with E-state index in [1.807, 2.05) is 6.92 Å². The van der Waals surface area contributed by atoms with Crippen molar-refractivity contribution in [2.24, 2.45) is 11.8 Å². The average Bonchev–Trinajstić information content (AvgIpc) is 2.43. The summed E-state index contributed by atoms with van der Waals surface area (Å²) in [5.41, 5.74) is 0.606. The number of hydrogen-bond acceptors (Lipinski definition) is 2. The normalized spacial score (nSPS) is 21.2. The van der Waals surface area contributed by atoms with E-state index in [1.165, 1.54) is 0 Å². The summed E-state index contributed by atoms with van der Waals surface area (Å²) < 4.78 is 13.9. The zero-order chi connectivity index (χ0) is 15.4. The first-order valence-corrected chi connectivity index (χ1v) is 7.72. The van der Waals surface area contributed by atoms with Gasteiger partial charge in [-0.2, -0.15) is 0 Å². The predicted molar refractivity (Wildman–Crippen MR) is 80.8 cm³/mol. The van der Waals surface area contributed by atoms with Crippen LogP contribution in [-0.2, 0) is 11.3 Å². The summed E-state index contributed by atoms with van der Waals surface area (Å²) in [7, 11) is 0. The van der Waals surface area contributed by atoms with Gasteiger partial charge in [0.1, 0.15) is 5.82 Å². The molecule has 2 rings (SSSR count). The molecule has 0 radical (unpaired) electrons. The molecular weight excluding hydrogens is 293 g/mol. The Morgan fingerprint density at radius 2 is 2.33 bits per heavy atom. The maximum Gasteiger partial charge on any atom is 0.303 e. The molecule has 0 bridgehead atoms. The molecule has 2 unspecified atom stereocenters. The molecule has 5 heteroatoms. The Morgan fingerprint density at radius 3 is 3.05 bits per heavy atom. The van der Waals surface area contributed by atoms with Gasteiger partial charge in [0.2, 0.25) is 0 Å². The highest BCUT2D eigenvalue weighted by molar-refractivity contribution is 6.30. The van der Waals surface area contributed by atoms with Gasteiger partial charge in [0.05, 0.1) is 5.02 Å². The molecule has 1 heterocycles. The lowest BCUT2D eigenvalue weighted by atomic mass is 9.84. The molecular formula is C16H21ClFNO2. The van der Waals surface area contributed by atoms with Gasteiger partial charge in [-0.15, -0.1) is 0 Å². The lowest BCUT2D eigenvalue weighted by Gasteiger charge is -2.35. The van der Waals surface area contributed by atoms with E-state index >= 15 is 0 Å². The summed E-state index contributed by atoms with van der Waals surface area (Å²) in [5.74, 6) is -0.591. The van der Waals surface area contributed by atoms with Crippen molar-refractivity contribution in [1.29, 1.82) is 0 Å². The third-order valence-electron chi connectivity index (χ3n) is 4.27. The van der Waals surface area contributed by atoms with Crippen LogP contribution in [0.25, 0.3) is 0 Å². The summed E-state index contributed by atoms with van der Waals surface area (Å²) in [6, 6.07) is 5.06. The van der Waals surface area contributed by atoms with Gasteiger partial charge in [0.25, 0.3) is 0 Å². The minimum Gasteiger partial charge on any atom is -0.481 e. The van der Waals surface area contributed by atoms with E-state index in [-0.39, 0.29) is 23.2 Å². The number of carbonyl (C=O) groups is 1. The van der Waals surface area contributed by atoms with Crippen LogP contribution >= 0.6 is 11.6 Å². The second kappa shape index (κ2) is 7.23. The number of carboxylic acid groups (broad SMARTS) is 1. The Hall–Kier alpha value is -1.13. The zero-order valence-corrected chi connectivity index (χ0v) is 12.9. The van der Waals surface area contributed by atoms with Crippen molar-refractivity contribution < 1.29 is 14.3 Å². The Labute approximate surface area is 129 Å². The molecule has 0 saturated carbocycles. The van der Waals surface area contributed by atoms with Crippen molar-refractivity contribution in [2.45, 2.75) is 32.7 Å². The number of benzene rings is 1. The number of aliphatic carboxylic acids is 1. The second-order valence-electron chi connectivity index (χ2n) is 5.93. The highest BCUT2D eigenvalue weighted by Gasteiger charge is 2.26. The van der Waals surface area contributed by atoms with E-state index in [9.17, 15) is 9.18 Å². The van der Waals surface area contributed by atoms with Gasteiger partial charge < -0.3 is 5.11 Å². The lowest BCUT2D eigenvalue weighted by Crippen LogP contribution is -2.38. The number of rotatable bonds is 5. The van der Waals surface area contributed by atoms with Crippen LogP contribution in [0.2, 0.25) is 5.02 Å². The van der Waals surface area contributed by atoms with Crippen LogP contribution in [0.5, 0.6) is 0 Å². The maximum absolute atomic E-state index is 13.9. The van der Waals surface area contributed by atoms with E-state index in [2.05, 4.69) is 4.90 Å². The van der Waals surface area contributed by atoms with E-state index in [1.54, 1.807) is 18.2 Å². The Bertz CT molecular complexity index is 509. The number of piperidine rings is 1. The van der Waals surface area contributed by atoms with E-state index < -0.39 is 5.97 Å². The standard InChI is InChI=1S/C16H21ClFNO2/c1-11(8-15(20)21)12-5-3-7-19(9-12)10-13-4-2-6-14(17)16(13)18/h2,4,6,11-12H,3,5,7-10H2,1H3,(H,20,21). The van der Waals surface area contributed by atoms with Crippen LogP contribution in [0.3, 0.4) is 0 Å². The van der Waals surface area contributed by atoms with Gasteiger partial charge in [0, 0.05) is 25.1 Å². The zero-order valence-electron chi connectivity index (χ0n) is 12.2. The van der Waals surface area contributed by atoms with Gasteiger partial charge in [0.15, 0.2) is 0 Å². The number of carboxylic acids is 1. The summed E-state index contributed by atoms with van der Waals surface area (Å²) in [4.78, 5) is 13.0. The number of nitrogens with zero attached hydrogens (tertiary/aromatic N) is 1. The third kappa shape index (κ3) is 4.42. The molecule has 2 atom stereocenters. The minimum absolute atomic E-state index is 0.148. The van der Waals surface area contributed by atoms with Gasteiger partial charge in [-0.3, -0.25) is 9.69 Å². The first-order chi connectivity index (χ1) is 9.97. The first kappa shape index (κ1) is 16.2. The molecule has 1 N–H and O–H groups in total. The number of hydrogen-bond donors (Lipinski definition) is 1. The molecule has 1 aromatic rings. The fourth-order valence-corrected chi connectivity index (χ4v) is 3.25. The minimum atomic E-state index is -0.750. The van der Waals surface area contributed by atoms with Gasteiger partial charge in [-0.25, -0.2) is 4.39 Å². The molecule has 1 aliphatic rings. The molecule has 0 aromatic heterocycles. The smallest absolute Gasteiger partial charge is 0.303 e. The highest BCUT2D eigenvalue weighted by atomic mass is 35.5. The van der Waals surface area contributed by atoms with E-state index in [0.717, 1.165) is 25.9 Å². The van der Waals surface area contributed by atoms with Crippen LogP contribution in [-0.4, -0.2) is 29.1 Å². The van der Waals surface area contributed by atoms with E-state index in [4.69, 9.17) is 16.7 Å². The molecule has 1 fully saturated rings. The van der Waals surface area contributed by atoms with Crippen molar-refractivity contribution in [3.63, 3.8) is 0 Å². The monoisotopic (exact) mass is 313 g/mol. The highest BCUT2D eigenvalue weighted by Crippen LogP contribution is 2.28. The fraction of sp³-hybridized carbons (Fsp3) is 0.562. The fourth-order valence-electron chi connectivity index (χ4n) is 3.05. The third-order valence-corrected chi connectivity index (χ3v) is 4.56. The second-order valence-corrected chi connectivity index (χ2v) is 6.33. The van der Waals surface area contributed by atoms with Crippen LogP contribution in [0.1, 0.15) is 31.7 Å². The molecule has 1 aromatic carbocycles. The Balaban J connectivity index is 1.98. The molecule has 21 heavy (non-hydrogen) atoms. The summed E-state index contributed by atoms with van der Waals surface area (Å²) in [6.07, 6.45) is 2.27. The van der Waals surface area contributed by atoms with Crippen LogP contribution in [0, 0.1) is 17.7 Å². The van der Waals surface area contributed by atoms with Crippen LogP contribution in [0.15, 0.2) is 18.2 Å². The summed E-state index contributed by atoms with van der Waals surface area (Å²) in [6.45, 7) is 4.26. The van der Waals surface area contributed by atoms with E-state index in [0.29, 0.717) is 18.0 Å². The predicted octanol–water partition coefficient (Wildman–Crippen LogP) is 3.80. The van der Waals surface area contributed by atoms with Crippen molar-refractivity contribution >= 4 is 17.6 Å². The van der Waals surface area contributed by atoms with Gasteiger partial charge in [-0.05, 0) is 37.3 Å². The quantitative estimate of drug-likeness (QED) is 0.899. The average molecular weight is 314 g/mol. The number of halogens is 2. The largest absolute Gasteiger partial charge is 0.481 e. The van der Waals surface area contributed by atoms with Crippen molar-refractivity contribution in [3.05, 3.63) is 34.6 Å². The molecule has 0 amide bonds. The van der Waals surface area contributed by atoms with Crippen molar-refractivity contribution in [2.75, 3.05) is 13.1 Å². The number of likely N-dealkylation sites (tertiary alicyclic amines) is 1. The SMILES string of the molecule is CC(CC(=O)O)C1CCCN(Cc2cccc(Cl)c2F)C1. The molecule has 3 nitrogen and oxygen atoms in total. The molecule has 0 spiro atoms. The molecule has 116 valence electrons. The Morgan fingerprint density at radius 1 is 1.57 bits per heavy atom. The van der Waals surface area contributed by atoms with Crippen molar-refractivity contribution in [1.82, 2.24) is 4.90 Å².